The predicted molar refractivity (Wildman–Crippen MR) is 83.7 cm³/mol. The summed E-state index contributed by atoms with van der Waals surface area (Å²) in [4.78, 5) is 11.5. The molecule has 3 nitrogen and oxygen atoms in total. The Morgan fingerprint density at radius 2 is 2.00 bits per heavy atom. The quantitative estimate of drug-likeness (QED) is 0.870. The molecule has 0 saturated heterocycles. The number of carboxylic acids is 1. The minimum absolute atomic E-state index is 0.103. The van der Waals surface area contributed by atoms with E-state index in [1.807, 2.05) is 24.3 Å². The van der Waals surface area contributed by atoms with Crippen LogP contribution < -0.4 is 4.74 Å². The molecular weight excluding hydrogens is 264 g/mol. The molecule has 2 atom stereocenters. The van der Waals surface area contributed by atoms with Crippen molar-refractivity contribution in [3.05, 3.63) is 29.8 Å². The van der Waals surface area contributed by atoms with Crippen LogP contribution in [0.5, 0.6) is 5.75 Å². The van der Waals surface area contributed by atoms with Gasteiger partial charge in [-0.1, -0.05) is 32.9 Å². The minimum Gasteiger partial charge on any atom is -0.494 e. The summed E-state index contributed by atoms with van der Waals surface area (Å²) in [5.74, 6) is 0.0382. The topological polar surface area (TPSA) is 46.5 Å². The molecule has 0 amide bonds. The van der Waals surface area contributed by atoms with E-state index in [0.717, 1.165) is 37.0 Å². The molecule has 3 heteroatoms. The first-order valence-electron chi connectivity index (χ1n) is 7.88. The molecule has 0 radical (unpaired) electrons. The van der Waals surface area contributed by atoms with Crippen molar-refractivity contribution >= 4 is 5.97 Å². The van der Waals surface area contributed by atoms with Crippen LogP contribution in [0.4, 0.5) is 0 Å². The molecule has 0 aliphatic heterocycles. The summed E-state index contributed by atoms with van der Waals surface area (Å²) in [6.07, 6.45) is 3.66. The molecule has 1 saturated carbocycles. The van der Waals surface area contributed by atoms with Gasteiger partial charge in [-0.2, -0.15) is 0 Å². The first-order chi connectivity index (χ1) is 9.93. The van der Waals surface area contributed by atoms with Gasteiger partial charge in [0.2, 0.25) is 0 Å². The van der Waals surface area contributed by atoms with Crippen LogP contribution in [0.2, 0.25) is 0 Å². The Morgan fingerprint density at radius 3 is 2.57 bits per heavy atom. The van der Waals surface area contributed by atoms with Gasteiger partial charge in [-0.25, -0.2) is 0 Å². The van der Waals surface area contributed by atoms with Crippen molar-refractivity contribution in [2.75, 3.05) is 6.61 Å². The van der Waals surface area contributed by atoms with E-state index in [2.05, 4.69) is 20.8 Å². The second-order valence-electron chi connectivity index (χ2n) is 6.88. The molecule has 0 bridgehead atoms. The fraction of sp³-hybridized carbons (Fsp3) is 0.611. The third-order valence-corrected chi connectivity index (χ3v) is 4.49. The highest BCUT2D eigenvalue weighted by atomic mass is 16.5. The molecule has 1 aliphatic carbocycles. The molecule has 21 heavy (non-hydrogen) atoms. The number of benzene rings is 1. The van der Waals surface area contributed by atoms with Crippen molar-refractivity contribution in [1.82, 2.24) is 0 Å². The van der Waals surface area contributed by atoms with Crippen LogP contribution in [0.15, 0.2) is 24.3 Å². The maximum Gasteiger partial charge on any atom is 0.307 e. The van der Waals surface area contributed by atoms with E-state index in [1.165, 1.54) is 0 Å². The van der Waals surface area contributed by atoms with Crippen LogP contribution in [-0.2, 0) is 4.79 Å². The lowest BCUT2D eigenvalue weighted by Gasteiger charge is -2.39. The second-order valence-corrected chi connectivity index (χ2v) is 6.88. The van der Waals surface area contributed by atoms with Gasteiger partial charge < -0.3 is 9.84 Å². The van der Waals surface area contributed by atoms with Gasteiger partial charge in [0.1, 0.15) is 5.75 Å². The van der Waals surface area contributed by atoms with E-state index >= 15 is 0 Å². The van der Waals surface area contributed by atoms with Gasteiger partial charge >= 0.3 is 5.97 Å². The van der Waals surface area contributed by atoms with Crippen LogP contribution in [0.25, 0.3) is 0 Å². The van der Waals surface area contributed by atoms with E-state index in [1.54, 1.807) is 0 Å². The molecule has 1 aliphatic rings. The Hall–Kier alpha value is -1.51. The molecule has 0 aromatic heterocycles. The maximum atomic E-state index is 11.5. The lowest BCUT2D eigenvalue weighted by atomic mass is 9.65. The summed E-state index contributed by atoms with van der Waals surface area (Å²) in [5.41, 5.74) is 1.34. The van der Waals surface area contributed by atoms with Gasteiger partial charge in [-0.05, 0) is 54.7 Å². The summed E-state index contributed by atoms with van der Waals surface area (Å²) in [7, 11) is 0. The zero-order valence-corrected chi connectivity index (χ0v) is 13.3. The van der Waals surface area contributed by atoms with Crippen molar-refractivity contribution < 1.29 is 14.6 Å². The highest BCUT2D eigenvalue weighted by Gasteiger charge is 2.39. The molecule has 0 heterocycles. The van der Waals surface area contributed by atoms with Gasteiger partial charge in [0, 0.05) is 0 Å². The normalized spacial score (nSPS) is 24.5. The van der Waals surface area contributed by atoms with Crippen molar-refractivity contribution in [2.45, 2.75) is 52.4 Å². The lowest BCUT2D eigenvalue weighted by molar-refractivity contribution is -0.144. The van der Waals surface area contributed by atoms with Gasteiger partial charge in [-0.3, -0.25) is 4.79 Å². The van der Waals surface area contributed by atoms with Crippen molar-refractivity contribution in [1.29, 1.82) is 0 Å². The van der Waals surface area contributed by atoms with E-state index in [-0.39, 0.29) is 17.3 Å². The average Bonchev–Trinajstić information content (AvgIpc) is 2.44. The number of rotatable bonds is 5. The predicted octanol–water partition coefficient (Wildman–Crippen LogP) is 4.47. The van der Waals surface area contributed by atoms with Gasteiger partial charge in [0.25, 0.3) is 0 Å². The highest BCUT2D eigenvalue weighted by molar-refractivity contribution is 5.71. The van der Waals surface area contributed by atoms with Crippen LogP contribution >= 0.6 is 0 Å². The number of hydrogen-bond acceptors (Lipinski definition) is 2. The second kappa shape index (κ2) is 6.50. The Kier molecular flexibility index (Phi) is 4.92. The van der Waals surface area contributed by atoms with Gasteiger partial charge in [-0.15, -0.1) is 0 Å². The number of carboxylic acid groups (broad SMARTS) is 1. The van der Waals surface area contributed by atoms with Crippen molar-refractivity contribution in [3.8, 4) is 5.75 Å². The number of hydrogen-bond donors (Lipinski definition) is 1. The molecular formula is C18H26O3. The Balaban J connectivity index is 2.17. The van der Waals surface area contributed by atoms with E-state index < -0.39 is 5.97 Å². The average molecular weight is 290 g/mol. The van der Waals surface area contributed by atoms with Crippen molar-refractivity contribution in [3.63, 3.8) is 0 Å². The molecule has 0 spiro atoms. The zero-order valence-electron chi connectivity index (χ0n) is 13.3. The maximum absolute atomic E-state index is 11.5. The molecule has 2 unspecified atom stereocenters. The highest BCUT2D eigenvalue weighted by Crippen LogP contribution is 2.46. The Bertz CT molecular complexity index is 476. The van der Waals surface area contributed by atoms with Crippen LogP contribution in [-0.4, -0.2) is 17.7 Å². The summed E-state index contributed by atoms with van der Waals surface area (Å²) in [6.45, 7) is 7.26. The molecule has 1 fully saturated rings. The van der Waals surface area contributed by atoms with Crippen LogP contribution in [0.1, 0.15) is 57.9 Å². The lowest BCUT2D eigenvalue weighted by Crippen LogP contribution is -2.32. The molecule has 1 aromatic carbocycles. The molecule has 1 aromatic rings. The monoisotopic (exact) mass is 290 g/mol. The third-order valence-electron chi connectivity index (χ3n) is 4.49. The summed E-state index contributed by atoms with van der Waals surface area (Å²) in [5, 5.41) is 9.49. The van der Waals surface area contributed by atoms with Crippen LogP contribution in [0.3, 0.4) is 0 Å². The minimum atomic E-state index is -0.665. The molecule has 1 N–H and O–H groups in total. The third kappa shape index (κ3) is 3.99. The van der Waals surface area contributed by atoms with Crippen molar-refractivity contribution in [2.24, 2.45) is 11.3 Å². The molecule has 2 rings (SSSR count). The largest absolute Gasteiger partial charge is 0.494 e. The van der Waals surface area contributed by atoms with Gasteiger partial charge in [0.15, 0.2) is 0 Å². The number of ether oxygens (including phenoxy) is 1. The fourth-order valence-corrected chi connectivity index (χ4v) is 3.26. The standard InChI is InChI=1S/C18H26O3/c1-4-11-21-14-7-5-13(6-8-14)16-12-18(2,3)10-9-15(16)17(19)20/h5-8,15-16H,4,9-12H2,1-3H3,(H,19,20). The zero-order chi connectivity index (χ0) is 15.5. The van der Waals surface area contributed by atoms with Crippen LogP contribution in [0, 0.1) is 11.3 Å². The Labute approximate surface area is 127 Å². The SMILES string of the molecule is CCCOc1ccc(C2CC(C)(C)CCC2C(=O)O)cc1. The number of carbonyl (C=O) groups is 1. The first kappa shape index (κ1) is 15.9. The van der Waals surface area contributed by atoms with Gasteiger partial charge in [0.05, 0.1) is 12.5 Å². The smallest absolute Gasteiger partial charge is 0.307 e. The summed E-state index contributed by atoms with van der Waals surface area (Å²) >= 11 is 0. The summed E-state index contributed by atoms with van der Waals surface area (Å²) in [6, 6.07) is 8.00. The van der Waals surface area contributed by atoms with E-state index in [9.17, 15) is 9.90 Å². The van der Waals surface area contributed by atoms with E-state index in [0.29, 0.717) is 6.61 Å². The Morgan fingerprint density at radius 1 is 1.33 bits per heavy atom. The fourth-order valence-electron chi connectivity index (χ4n) is 3.26. The van der Waals surface area contributed by atoms with E-state index in [4.69, 9.17) is 4.74 Å². The number of aliphatic carboxylic acids is 1. The molecule has 116 valence electrons. The first-order valence-corrected chi connectivity index (χ1v) is 7.88. The summed E-state index contributed by atoms with van der Waals surface area (Å²) < 4.78 is 5.60.